The van der Waals surface area contributed by atoms with Crippen LogP contribution in [0.5, 0.6) is 0 Å². The van der Waals surface area contributed by atoms with Crippen molar-refractivity contribution in [2.75, 3.05) is 6.54 Å². The Morgan fingerprint density at radius 2 is 2.08 bits per heavy atom. The first kappa shape index (κ1) is 10.8. The summed E-state index contributed by atoms with van der Waals surface area (Å²) < 4.78 is 0. The van der Waals surface area contributed by atoms with Crippen LogP contribution in [0.3, 0.4) is 0 Å². The Kier molecular flexibility index (Phi) is 4.21. The quantitative estimate of drug-likeness (QED) is 0.601. The number of carbonyl (C=O) groups is 2. The fourth-order valence-corrected chi connectivity index (χ4v) is 0.862. The summed E-state index contributed by atoms with van der Waals surface area (Å²) in [5, 5.41) is 0. The molecule has 0 unspecified atom stereocenters. The van der Waals surface area contributed by atoms with E-state index in [9.17, 15) is 9.59 Å². The predicted molar refractivity (Wildman–Crippen MR) is 46.2 cm³/mol. The van der Waals surface area contributed by atoms with Crippen LogP contribution in [-0.2, 0) is 9.59 Å². The molecule has 0 aliphatic carbocycles. The summed E-state index contributed by atoms with van der Waals surface area (Å²) in [5.41, 5.74) is 5.13. The molecular weight excluding hydrogens is 156 g/mol. The number of nitrogens with two attached hydrogens (primary N) is 1. The van der Waals surface area contributed by atoms with Crippen molar-refractivity contribution in [3.05, 3.63) is 12.7 Å². The van der Waals surface area contributed by atoms with Crippen LogP contribution in [-0.4, -0.2) is 29.3 Å². The van der Waals surface area contributed by atoms with Crippen molar-refractivity contribution in [1.29, 1.82) is 0 Å². The van der Waals surface area contributed by atoms with Crippen LogP contribution >= 0.6 is 0 Å². The lowest BCUT2D eigenvalue weighted by atomic mass is 10.3. The standard InChI is InChI=1S/C8H14N2O2/c1-4-7(11)10(6(2)3)8(12)5-9/h4,6H,1,5,9H2,2-3H3. The second-order valence-corrected chi connectivity index (χ2v) is 2.60. The van der Waals surface area contributed by atoms with Gasteiger partial charge in [0.15, 0.2) is 0 Å². The molecule has 0 saturated carbocycles. The molecule has 0 aromatic rings. The summed E-state index contributed by atoms with van der Waals surface area (Å²) >= 11 is 0. The van der Waals surface area contributed by atoms with E-state index in [0.717, 1.165) is 11.0 Å². The van der Waals surface area contributed by atoms with E-state index < -0.39 is 5.91 Å². The Labute approximate surface area is 72.0 Å². The third-order valence-electron chi connectivity index (χ3n) is 1.37. The zero-order valence-corrected chi connectivity index (χ0v) is 7.41. The Hall–Kier alpha value is -1.16. The van der Waals surface area contributed by atoms with Crippen molar-refractivity contribution in [2.24, 2.45) is 5.73 Å². The van der Waals surface area contributed by atoms with Crippen molar-refractivity contribution in [3.8, 4) is 0 Å². The fourth-order valence-electron chi connectivity index (χ4n) is 0.862. The molecule has 0 spiro atoms. The van der Waals surface area contributed by atoms with Crippen LogP contribution < -0.4 is 5.73 Å². The molecule has 12 heavy (non-hydrogen) atoms. The maximum absolute atomic E-state index is 11.1. The van der Waals surface area contributed by atoms with Gasteiger partial charge in [0.2, 0.25) is 5.91 Å². The van der Waals surface area contributed by atoms with Gasteiger partial charge in [0, 0.05) is 6.04 Å². The highest BCUT2D eigenvalue weighted by atomic mass is 16.2. The maximum Gasteiger partial charge on any atom is 0.252 e. The highest BCUT2D eigenvalue weighted by Gasteiger charge is 2.20. The Balaban J connectivity index is 4.54. The summed E-state index contributed by atoms with van der Waals surface area (Å²) in [6.45, 7) is 6.63. The molecule has 0 saturated heterocycles. The average molecular weight is 170 g/mol. The van der Waals surface area contributed by atoms with Crippen molar-refractivity contribution >= 4 is 11.8 Å². The molecule has 4 nitrogen and oxygen atoms in total. The van der Waals surface area contributed by atoms with E-state index in [2.05, 4.69) is 6.58 Å². The molecule has 68 valence electrons. The lowest BCUT2D eigenvalue weighted by molar-refractivity contribution is -0.142. The van der Waals surface area contributed by atoms with Gasteiger partial charge < -0.3 is 5.73 Å². The number of rotatable bonds is 3. The molecule has 0 rings (SSSR count). The number of hydrogen-bond donors (Lipinski definition) is 1. The molecule has 0 aliphatic heterocycles. The average Bonchev–Trinajstić information content (AvgIpc) is 2.03. The Bertz CT molecular complexity index is 199. The van der Waals surface area contributed by atoms with Crippen LogP contribution in [0, 0.1) is 0 Å². The van der Waals surface area contributed by atoms with E-state index in [0.29, 0.717) is 0 Å². The van der Waals surface area contributed by atoms with Crippen LogP contribution in [0.15, 0.2) is 12.7 Å². The lowest BCUT2D eigenvalue weighted by Crippen LogP contribution is -2.44. The van der Waals surface area contributed by atoms with Gasteiger partial charge in [0.05, 0.1) is 6.54 Å². The largest absolute Gasteiger partial charge is 0.322 e. The van der Waals surface area contributed by atoms with E-state index in [-0.39, 0.29) is 18.5 Å². The second-order valence-electron chi connectivity index (χ2n) is 2.60. The van der Waals surface area contributed by atoms with Crippen LogP contribution in [0.25, 0.3) is 0 Å². The summed E-state index contributed by atoms with van der Waals surface area (Å²) in [5.74, 6) is -0.782. The molecule has 0 heterocycles. The number of nitrogens with zero attached hydrogens (tertiary/aromatic N) is 1. The van der Waals surface area contributed by atoms with Gasteiger partial charge in [-0.25, -0.2) is 0 Å². The van der Waals surface area contributed by atoms with Gasteiger partial charge in [-0.3, -0.25) is 14.5 Å². The van der Waals surface area contributed by atoms with Crippen molar-refractivity contribution in [2.45, 2.75) is 19.9 Å². The number of amides is 2. The van der Waals surface area contributed by atoms with Gasteiger partial charge in [0.1, 0.15) is 0 Å². The zero-order chi connectivity index (χ0) is 9.72. The molecule has 0 atom stereocenters. The van der Waals surface area contributed by atoms with Gasteiger partial charge in [0.25, 0.3) is 5.91 Å². The first-order chi connectivity index (χ1) is 5.54. The van der Waals surface area contributed by atoms with E-state index in [1.54, 1.807) is 13.8 Å². The van der Waals surface area contributed by atoms with Crippen LogP contribution in [0.4, 0.5) is 0 Å². The van der Waals surface area contributed by atoms with Gasteiger partial charge in [-0.15, -0.1) is 0 Å². The highest BCUT2D eigenvalue weighted by molar-refractivity contribution is 6.01. The second kappa shape index (κ2) is 4.66. The van der Waals surface area contributed by atoms with Crippen molar-refractivity contribution in [1.82, 2.24) is 4.90 Å². The monoisotopic (exact) mass is 170 g/mol. The molecule has 2 N–H and O–H groups in total. The highest BCUT2D eigenvalue weighted by Crippen LogP contribution is 1.99. The minimum atomic E-state index is -0.402. The summed E-state index contributed by atoms with van der Waals surface area (Å²) in [6, 6.07) is -0.174. The normalized spacial score (nSPS) is 9.67. The van der Waals surface area contributed by atoms with Crippen molar-refractivity contribution < 1.29 is 9.59 Å². The zero-order valence-electron chi connectivity index (χ0n) is 7.41. The molecule has 0 bridgehead atoms. The third-order valence-corrected chi connectivity index (χ3v) is 1.37. The number of carbonyl (C=O) groups excluding carboxylic acids is 2. The molecule has 0 fully saturated rings. The summed E-state index contributed by atoms with van der Waals surface area (Å²) in [6.07, 6.45) is 1.10. The molecule has 4 heteroatoms. The SMILES string of the molecule is C=CC(=O)N(C(=O)CN)C(C)C. The fraction of sp³-hybridized carbons (Fsp3) is 0.500. The minimum absolute atomic E-state index is 0.155. The van der Waals surface area contributed by atoms with Crippen LogP contribution in [0.1, 0.15) is 13.8 Å². The number of hydrogen-bond acceptors (Lipinski definition) is 3. The Morgan fingerprint density at radius 3 is 2.33 bits per heavy atom. The summed E-state index contributed by atoms with van der Waals surface area (Å²) in [4.78, 5) is 23.3. The van der Waals surface area contributed by atoms with Gasteiger partial charge in [-0.2, -0.15) is 0 Å². The van der Waals surface area contributed by atoms with Gasteiger partial charge in [-0.1, -0.05) is 6.58 Å². The Morgan fingerprint density at radius 1 is 1.58 bits per heavy atom. The van der Waals surface area contributed by atoms with E-state index in [1.165, 1.54) is 0 Å². The topological polar surface area (TPSA) is 63.4 Å². The van der Waals surface area contributed by atoms with Crippen LogP contribution in [0.2, 0.25) is 0 Å². The van der Waals surface area contributed by atoms with E-state index in [4.69, 9.17) is 5.73 Å². The summed E-state index contributed by atoms with van der Waals surface area (Å²) in [7, 11) is 0. The van der Waals surface area contributed by atoms with E-state index in [1.807, 2.05) is 0 Å². The lowest BCUT2D eigenvalue weighted by Gasteiger charge is -2.22. The molecule has 0 aliphatic rings. The van der Waals surface area contributed by atoms with Gasteiger partial charge in [-0.05, 0) is 19.9 Å². The molecular formula is C8H14N2O2. The smallest absolute Gasteiger partial charge is 0.252 e. The molecule has 0 aromatic heterocycles. The predicted octanol–water partition coefficient (Wildman–Crippen LogP) is -0.105. The minimum Gasteiger partial charge on any atom is -0.322 e. The van der Waals surface area contributed by atoms with Crippen molar-refractivity contribution in [3.63, 3.8) is 0 Å². The molecule has 2 amide bonds. The number of imide groups is 1. The molecule has 0 aromatic carbocycles. The van der Waals surface area contributed by atoms with Gasteiger partial charge >= 0.3 is 0 Å². The first-order valence-corrected chi connectivity index (χ1v) is 3.73. The first-order valence-electron chi connectivity index (χ1n) is 3.73. The molecule has 0 radical (unpaired) electrons. The van der Waals surface area contributed by atoms with E-state index >= 15 is 0 Å². The maximum atomic E-state index is 11.1. The third kappa shape index (κ3) is 2.47.